The summed E-state index contributed by atoms with van der Waals surface area (Å²) in [6.45, 7) is 1.88. The van der Waals surface area contributed by atoms with Gasteiger partial charge in [-0.15, -0.1) is 0 Å². The molecule has 4 nitrogen and oxygen atoms in total. The highest BCUT2D eigenvalue weighted by Crippen LogP contribution is 2.26. The fourth-order valence-electron chi connectivity index (χ4n) is 2.02. The number of benzene rings is 1. The second kappa shape index (κ2) is 3.96. The predicted octanol–water partition coefficient (Wildman–Crippen LogP) is 1.70. The molecular formula is C12H13NO3. The maximum atomic E-state index is 11.5. The highest BCUT2D eigenvalue weighted by molar-refractivity contribution is 5.97. The van der Waals surface area contributed by atoms with Crippen LogP contribution in [0.3, 0.4) is 0 Å². The molecule has 84 valence electrons. The zero-order chi connectivity index (χ0) is 11.7. The van der Waals surface area contributed by atoms with E-state index in [1.165, 1.54) is 0 Å². The van der Waals surface area contributed by atoms with E-state index < -0.39 is 5.97 Å². The fourth-order valence-corrected chi connectivity index (χ4v) is 2.02. The van der Waals surface area contributed by atoms with E-state index in [-0.39, 0.29) is 17.4 Å². The van der Waals surface area contributed by atoms with Gasteiger partial charge in [0.1, 0.15) is 5.78 Å². The number of carbonyl (C=O) groups is 2. The molecule has 1 atom stereocenters. The third-order valence-corrected chi connectivity index (χ3v) is 2.69. The number of ketones is 1. The van der Waals surface area contributed by atoms with Gasteiger partial charge in [0.05, 0.1) is 11.3 Å². The Hall–Kier alpha value is -1.84. The van der Waals surface area contributed by atoms with Crippen LogP contribution in [0.15, 0.2) is 18.2 Å². The van der Waals surface area contributed by atoms with Crippen LogP contribution in [-0.2, 0) is 11.2 Å². The van der Waals surface area contributed by atoms with E-state index in [0.717, 1.165) is 5.56 Å². The Labute approximate surface area is 93.3 Å². The first kappa shape index (κ1) is 10.7. The number of hydrogen-bond acceptors (Lipinski definition) is 3. The molecule has 2 N–H and O–H groups in total. The van der Waals surface area contributed by atoms with Gasteiger partial charge < -0.3 is 10.4 Å². The van der Waals surface area contributed by atoms with E-state index in [4.69, 9.17) is 5.11 Å². The Morgan fingerprint density at radius 2 is 2.25 bits per heavy atom. The van der Waals surface area contributed by atoms with Gasteiger partial charge in [0.2, 0.25) is 0 Å². The van der Waals surface area contributed by atoms with Crippen LogP contribution in [-0.4, -0.2) is 22.9 Å². The number of Topliss-reactive ketones (excluding diaryl/α,β-unsaturated/α-hetero) is 1. The van der Waals surface area contributed by atoms with Gasteiger partial charge in [-0.05, 0) is 18.6 Å². The first-order valence-electron chi connectivity index (χ1n) is 5.21. The molecule has 0 fully saturated rings. The molecule has 0 saturated carbocycles. The topological polar surface area (TPSA) is 66.4 Å². The molecule has 1 unspecified atom stereocenters. The third kappa shape index (κ3) is 1.91. The number of aromatic carboxylic acids is 1. The van der Waals surface area contributed by atoms with E-state index in [1.807, 2.05) is 6.92 Å². The van der Waals surface area contributed by atoms with Crippen molar-refractivity contribution < 1.29 is 14.7 Å². The third-order valence-electron chi connectivity index (χ3n) is 2.69. The lowest BCUT2D eigenvalue weighted by Gasteiger charge is -2.14. The second-order valence-electron chi connectivity index (χ2n) is 4.11. The standard InChI is InChI=1S/C12H13NO3/c1-7-5-9(14)6-8-3-2-4-10(12(15)16)11(8)13-7/h2-4,7,13H,5-6H2,1H3,(H,15,16). The van der Waals surface area contributed by atoms with Gasteiger partial charge in [0.25, 0.3) is 0 Å². The van der Waals surface area contributed by atoms with Gasteiger partial charge in [0.15, 0.2) is 0 Å². The molecule has 2 rings (SSSR count). The van der Waals surface area contributed by atoms with Crippen molar-refractivity contribution in [1.82, 2.24) is 0 Å². The summed E-state index contributed by atoms with van der Waals surface area (Å²) in [7, 11) is 0. The number of rotatable bonds is 1. The quantitative estimate of drug-likeness (QED) is 0.754. The summed E-state index contributed by atoms with van der Waals surface area (Å²) >= 11 is 0. The van der Waals surface area contributed by atoms with Crippen molar-refractivity contribution >= 4 is 17.4 Å². The molecule has 0 aliphatic carbocycles. The molecule has 1 aromatic rings. The van der Waals surface area contributed by atoms with Crippen LogP contribution in [0, 0.1) is 0 Å². The second-order valence-corrected chi connectivity index (χ2v) is 4.11. The summed E-state index contributed by atoms with van der Waals surface area (Å²) in [4.78, 5) is 22.6. The molecule has 0 spiro atoms. The van der Waals surface area contributed by atoms with E-state index in [0.29, 0.717) is 18.5 Å². The summed E-state index contributed by atoms with van der Waals surface area (Å²) in [5.41, 5.74) is 1.60. The molecule has 4 heteroatoms. The molecule has 0 aromatic heterocycles. The lowest BCUT2D eigenvalue weighted by atomic mass is 10.0. The van der Waals surface area contributed by atoms with Crippen LogP contribution in [0.1, 0.15) is 29.3 Å². The van der Waals surface area contributed by atoms with Gasteiger partial charge in [-0.25, -0.2) is 4.79 Å². The Morgan fingerprint density at radius 1 is 1.50 bits per heavy atom. The smallest absolute Gasteiger partial charge is 0.337 e. The van der Waals surface area contributed by atoms with Crippen molar-refractivity contribution in [3.8, 4) is 0 Å². The zero-order valence-corrected chi connectivity index (χ0v) is 8.99. The molecular weight excluding hydrogens is 206 g/mol. The summed E-state index contributed by atoms with van der Waals surface area (Å²) < 4.78 is 0. The highest BCUT2D eigenvalue weighted by Gasteiger charge is 2.22. The number of hydrogen-bond donors (Lipinski definition) is 2. The summed E-state index contributed by atoms with van der Waals surface area (Å²) in [6, 6.07) is 5.00. The monoisotopic (exact) mass is 219 g/mol. The summed E-state index contributed by atoms with van der Waals surface area (Å²) in [5.74, 6) is -0.827. The lowest BCUT2D eigenvalue weighted by molar-refractivity contribution is -0.118. The first-order chi connectivity index (χ1) is 7.58. The van der Waals surface area contributed by atoms with E-state index >= 15 is 0 Å². The number of para-hydroxylation sites is 1. The molecule has 0 radical (unpaired) electrons. The van der Waals surface area contributed by atoms with Crippen LogP contribution in [0.2, 0.25) is 0 Å². The molecule has 0 bridgehead atoms. The molecule has 0 saturated heterocycles. The van der Waals surface area contributed by atoms with Crippen LogP contribution < -0.4 is 5.32 Å². The number of carboxylic acid groups (broad SMARTS) is 1. The lowest BCUT2D eigenvalue weighted by Crippen LogP contribution is -2.18. The molecule has 0 amide bonds. The van der Waals surface area contributed by atoms with Gasteiger partial charge in [-0.2, -0.15) is 0 Å². The predicted molar refractivity (Wildman–Crippen MR) is 59.8 cm³/mol. The van der Waals surface area contributed by atoms with Crippen LogP contribution in [0.4, 0.5) is 5.69 Å². The van der Waals surface area contributed by atoms with Gasteiger partial charge in [-0.1, -0.05) is 12.1 Å². The van der Waals surface area contributed by atoms with Crippen LogP contribution >= 0.6 is 0 Å². The van der Waals surface area contributed by atoms with Crippen molar-refractivity contribution in [2.45, 2.75) is 25.8 Å². The fraction of sp³-hybridized carbons (Fsp3) is 0.333. The zero-order valence-electron chi connectivity index (χ0n) is 8.99. The molecule has 16 heavy (non-hydrogen) atoms. The van der Waals surface area contributed by atoms with Gasteiger partial charge >= 0.3 is 5.97 Å². The number of nitrogens with one attached hydrogen (secondary N) is 1. The van der Waals surface area contributed by atoms with E-state index in [1.54, 1.807) is 18.2 Å². The summed E-state index contributed by atoms with van der Waals surface area (Å²) in [5, 5.41) is 12.2. The normalized spacial score (nSPS) is 19.6. The first-order valence-corrected chi connectivity index (χ1v) is 5.21. The minimum atomic E-state index is -0.967. The van der Waals surface area contributed by atoms with Crippen molar-refractivity contribution in [2.75, 3.05) is 5.32 Å². The van der Waals surface area contributed by atoms with Crippen LogP contribution in [0.5, 0.6) is 0 Å². The minimum absolute atomic E-state index is 0.0192. The van der Waals surface area contributed by atoms with E-state index in [9.17, 15) is 9.59 Å². The number of carbonyl (C=O) groups excluding carboxylic acids is 1. The molecule has 1 aliphatic rings. The van der Waals surface area contributed by atoms with Crippen molar-refractivity contribution in [2.24, 2.45) is 0 Å². The maximum absolute atomic E-state index is 11.5. The largest absolute Gasteiger partial charge is 0.478 e. The van der Waals surface area contributed by atoms with Crippen molar-refractivity contribution in [1.29, 1.82) is 0 Å². The highest BCUT2D eigenvalue weighted by atomic mass is 16.4. The summed E-state index contributed by atoms with van der Waals surface area (Å²) in [6.07, 6.45) is 0.752. The van der Waals surface area contributed by atoms with Crippen molar-refractivity contribution in [3.63, 3.8) is 0 Å². The van der Waals surface area contributed by atoms with Crippen molar-refractivity contribution in [3.05, 3.63) is 29.3 Å². The number of anilines is 1. The minimum Gasteiger partial charge on any atom is -0.478 e. The van der Waals surface area contributed by atoms with Gasteiger partial charge in [0, 0.05) is 18.9 Å². The van der Waals surface area contributed by atoms with E-state index in [2.05, 4.69) is 5.32 Å². The average molecular weight is 219 g/mol. The average Bonchev–Trinajstić information content (AvgIpc) is 2.33. The van der Waals surface area contributed by atoms with Gasteiger partial charge in [-0.3, -0.25) is 4.79 Å². The Morgan fingerprint density at radius 3 is 2.94 bits per heavy atom. The Kier molecular flexibility index (Phi) is 2.64. The molecule has 1 heterocycles. The Balaban J connectivity index is 2.52. The molecule has 1 aliphatic heterocycles. The SMILES string of the molecule is CC1CC(=O)Cc2cccc(C(=O)O)c2N1. The van der Waals surface area contributed by atoms with Crippen LogP contribution in [0.25, 0.3) is 0 Å². The maximum Gasteiger partial charge on any atom is 0.337 e. The molecule has 1 aromatic carbocycles. The number of fused-ring (bicyclic) bond motifs is 1. The Bertz CT molecular complexity index is 454. The number of carboxylic acids is 1.